The highest BCUT2D eigenvalue weighted by Gasteiger charge is 2.24. The van der Waals surface area contributed by atoms with Crippen molar-refractivity contribution in [3.05, 3.63) is 65.1 Å². The summed E-state index contributed by atoms with van der Waals surface area (Å²) >= 11 is 0. The molecule has 2 heterocycles. The first-order valence-corrected chi connectivity index (χ1v) is 9.51. The number of hydrogen-bond acceptors (Lipinski definition) is 3. The number of anilines is 1. The summed E-state index contributed by atoms with van der Waals surface area (Å²) in [5, 5.41) is 12.0. The van der Waals surface area contributed by atoms with E-state index in [0.29, 0.717) is 12.2 Å². The maximum absolute atomic E-state index is 14.0. The van der Waals surface area contributed by atoms with Crippen molar-refractivity contribution in [3.63, 3.8) is 0 Å². The Kier molecular flexibility index (Phi) is 4.89. The second-order valence-corrected chi connectivity index (χ2v) is 7.47. The van der Waals surface area contributed by atoms with Crippen molar-refractivity contribution in [2.24, 2.45) is 0 Å². The highest BCUT2D eigenvalue weighted by atomic mass is 19.1. The molecular formula is C22H26FN3O. The summed E-state index contributed by atoms with van der Waals surface area (Å²) in [4.78, 5) is 7.73. The summed E-state index contributed by atoms with van der Waals surface area (Å²) in [6.07, 6.45) is -0.540. The van der Waals surface area contributed by atoms with E-state index in [4.69, 9.17) is 0 Å². The van der Waals surface area contributed by atoms with Crippen LogP contribution in [0.5, 0.6) is 0 Å². The number of fused-ring (bicyclic) bond motifs is 1. The molecule has 0 unspecified atom stereocenters. The van der Waals surface area contributed by atoms with Gasteiger partial charge in [-0.05, 0) is 37.6 Å². The van der Waals surface area contributed by atoms with Crippen LogP contribution >= 0.6 is 0 Å². The summed E-state index contributed by atoms with van der Waals surface area (Å²) in [6, 6.07) is 13.2. The van der Waals surface area contributed by atoms with Gasteiger partial charge in [0.25, 0.3) is 0 Å². The molecule has 2 N–H and O–H groups in total. The number of aliphatic hydroxyl groups is 1. The zero-order valence-corrected chi connectivity index (χ0v) is 15.9. The van der Waals surface area contributed by atoms with Crippen LogP contribution in [0.4, 0.5) is 10.1 Å². The minimum absolute atomic E-state index is 0.171. The van der Waals surface area contributed by atoms with Gasteiger partial charge in [0.15, 0.2) is 0 Å². The third-order valence-electron chi connectivity index (χ3n) is 5.52. The molecule has 1 aliphatic rings. The Hall–Kier alpha value is -2.37. The van der Waals surface area contributed by atoms with E-state index >= 15 is 0 Å². The molecule has 3 aromatic rings. The molecule has 5 heteroatoms. The van der Waals surface area contributed by atoms with Gasteiger partial charge in [-0.2, -0.15) is 0 Å². The molecule has 142 valence electrons. The van der Waals surface area contributed by atoms with Gasteiger partial charge >= 0.3 is 0 Å². The number of β-amino-alcohol motifs (C(OH)–C–C–N with tert-alkyl or cyclic N) is 1. The summed E-state index contributed by atoms with van der Waals surface area (Å²) in [7, 11) is 0. The Labute approximate surface area is 159 Å². The molecule has 0 saturated carbocycles. The lowest BCUT2D eigenvalue weighted by Gasteiger charge is -2.37. The number of aromatic nitrogens is 1. The fourth-order valence-corrected chi connectivity index (χ4v) is 4.11. The fraction of sp³-hybridized carbons (Fsp3) is 0.364. The Morgan fingerprint density at radius 2 is 1.81 bits per heavy atom. The molecule has 1 saturated heterocycles. The molecule has 2 aromatic carbocycles. The van der Waals surface area contributed by atoms with Crippen LogP contribution in [0.25, 0.3) is 10.9 Å². The Morgan fingerprint density at radius 1 is 1.07 bits per heavy atom. The molecule has 1 fully saturated rings. The first-order chi connectivity index (χ1) is 13.0. The predicted molar refractivity (Wildman–Crippen MR) is 108 cm³/mol. The van der Waals surface area contributed by atoms with Crippen molar-refractivity contribution < 1.29 is 9.50 Å². The van der Waals surface area contributed by atoms with Crippen molar-refractivity contribution in [1.29, 1.82) is 0 Å². The van der Waals surface area contributed by atoms with E-state index in [1.54, 1.807) is 6.07 Å². The van der Waals surface area contributed by atoms with E-state index < -0.39 is 6.10 Å². The first-order valence-electron chi connectivity index (χ1n) is 9.51. The Morgan fingerprint density at radius 3 is 2.56 bits per heavy atom. The summed E-state index contributed by atoms with van der Waals surface area (Å²) in [5.41, 5.74) is 4.95. The second-order valence-electron chi connectivity index (χ2n) is 7.47. The minimum Gasteiger partial charge on any atom is -0.387 e. The van der Waals surface area contributed by atoms with Crippen LogP contribution in [-0.4, -0.2) is 47.7 Å². The maximum Gasteiger partial charge on any atom is 0.146 e. The quantitative estimate of drug-likeness (QED) is 0.737. The number of rotatable bonds is 4. The summed E-state index contributed by atoms with van der Waals surface area (Å²) in [6.45, 7) is 7.83. The zero-order valence-electron chi connectivity index (χ0n) is 15.9. The summed E-state index contributed by atoms with van der Waals surface area (Å²) < 4.78 is 14.0. The monoisotopic (exact) mass is 367 g/mol. The molecule has 0 amide bonds. The smallest absolute Gasteiger partial charge is 0.146 e. The highest BCUT2D eigenvalue weighted by molar-refractivity contribution is 5.85. The number of para-hydroxylation sites is 1. The molecule has 0 radical (unpaired) electrons. The predicted octanol–water partition coefficient (Wildman–Crippen LogP) is 3.78. The van der Waals surface area contributed by atoms with Crippen LogP contribution in [0, 0.1) is 19.7 Å². The van der Waals surface area contributed by atoms with Gasteiger partial charge in [-0.3, -0.25) is 4.90 Å². The molecular weight excluding hydrogens is 341 g/mol. The number of halogens is 1. The first kappa shape index (κ1) is 18.0. The van der Waals surface area contributed by atoms with Crippen molar-refractivity contribution >= 4 is 16.6 Å². The lowest BCUT2D eigenvalue weighted by atomic mass is 10.0. The molecule has 4 nitrogen and oxygen atoms in total. The second kappa shape index (κ2) is 7.33. The number of aryl methyl sites for hydroxylation is 2. The number of nitrogens with one attached hydrogen (secondary N) is 1. The van der Waals surface area contributed by atoms with Gasteiger partial charge in [-0.25, -0.2) is 4.39 Å². The molecule has 4 rings (SSSR count). The van der Waals surface area contributed by atoms with E-state index in [2.05, 4.69) is 39.9 Å². The molecule has 1 aliphatic heterocycles. The summed E-state index contributed by atoms with van der Waals surface area (Å²) in [5.74, 6) is -0.171. The van der Waals surface area contributed by atoms with Gasteiger partial charge in [0.2, 0.25) is 0 Å². The third-order valence-corrected chi connectivity index (χ3v) is 5.52. The Balaban J connectivity index is 1.44. The number of nitrogens with zero attached hydrogens (tertiary/aromatic N) is 2. The normalized spacial score (nSPS) is 16.8. The SMILES string of the molecule is Cc1ccc2c([C@@H](O)CN3CCN(c4ccccc4F)CC3)c(C)[nH]c2c1. The van der Waals surface area contributed by atoms with Crippen molar-refractivity contribution in [2.75, 3.05) is 37.6 Å². The fourth-order valence-electron chi connectivity index (χ4n) is 4.11. The lowest BCUT2D eigenvalue weighted by Crippen LogP contribution is -2.47. The highest BCUT2D eigenvalue weighted by Crippen LogP contribution is 2.29. The van der Waals surface area contributed by atoms with Crippen molar-refractivity contribution in [2.45, 2.75) is 20.0 Å². The van der Waals surface area contributed by atoms with E-state index in [0.717, 1.165) is 48.3 Å². The topological polar surface area (TPSA) is 42.5 Å². The number of hydrogen-bond donors (Lipinski definition) is 2. The molecule has 0 aliphatic carbocycles. The zero-order chi connectivity index (χ0) is 19.0. The van der Waals surface area contributed by atoms with Gasteiger partial charge in [-0.1, -0.05) is 24.3 Å². The van der Waals surface area contributed by atoms with Gasteiger partial charge in [0.1, 0.15) is 5.82 Å². The van der Waals surface area contributed by atoms with E-state index in [9.17, 15) is 9.50 Å². The maximum atomic E-state index is 14.0. The molecule has 1 aromatic heterocycles. The minimum atomic E-state index is -0.540. The number of piperazine rings is 1. The van der Waals surface area contributed by atoms with E-state index in [1.807, 2.05) is 19.1 Å². The van der Waals surface area contributed by atoms with Gasteiger partial charge < -0.3 is 15.0 Å². The third kappa shape index (κ3) is 3.57. The van der Waals surface area contributed by atoms with Crippen molar-refractivity contribution in [3.8, 4) is 0 Å². The van der Waals surface area contributed by atoms with Crippen LogP contribution in [0.1, 0.15) is 22.9 Å². The van der Waals surface area contributed by atoms with E-state index in [1.165, 1.54) is 11.6 Å². The van der Waals surface area contributed by atoms with Crippen LogP contribution in [0.2, 0.25) is 0 Å². The number of aliphatic hydroxyl groups excluding tert-OH is 1. The molecule has 1 atom stereocenters. The largest absolute Gasteiger partial charge is 0.387 e. The van der Waals surface area contributed by atoms with Crippen LogP contribution in [0.3, 0.4) is 0 Å². The molecule has 0 bridgehead atoms. The standard InChI is InChI=1S/C22H26FN3O/c1-15-7-8-17-19(13-15)24-16(2)22(17)21(27)14-25-9-11-26(12-10-25)20-6-4-3-5-18(20)23/h3-8,13,21,24,27H,9-12,14H2,1-2H3/t21-/m0/s1. The van der Waals surface area contributed by atoms with Crippen LogP contribution in [0.15, 0.2) is 42.5 Å². The average molecular weight is 367 g/mol. The number of aromatic amines is 1. The van der Waals surface area contributed by atoms with Crippen molar-refractivity contribution in [1.82, 2.24) is 9.88 Å². The lowest BCUT2D eigenvalue weighted by molar-refractivity contribution is 0.110. The van der Waals surface area contributed by atoms with Crippen LogP contribution in [-0.2, 0) is 0 Å². The molecule has 0 spiro atoms. The van der Waals surface area contributed by atoms with E-state index in [-0.39, 0.29) is 5.82 Å². The Bertz CT molecular complexity index is 944. The van der Waals surface area contributed by atoms with Crippen LogP contribution < -0.4 is 4.90 Å². The average Bonchev–Trinajstić information content (AvgIpc) is 2.98. The number of benzene rings is 2. The van der Waals surface area contributed by atoms with Gasteiger partial charge in [-0.15, -0.1) is 0 Å². The molecule has 27 heavy (non-hydrogen) atoms. The van der Waals surface area contributed by atoms with Gasteiger partial charge in [0.05, 0.1) is 11.8 Å². The number of H-pyrrole nitrogens is 1. The van der Waals surface area contributed by atoms with Gasteiger partial charge in [0, 0.05) is 54.9 Å².